The van der Waals surface area contributed by atoms with Crippen molar-refractivity contribution in [2.24, 2.45) is 0 Å². The van der Waals surface area contributed by atoms with Gasteiger partial charge >= 0.3 is 0 Å². The Morgan fingerprint density at radius 2 is 1.96 bits per heavy atom. The topological polar surface area (TPSA) is 83.6 Å². The first kappa shape index (κ1) is 20.2. The Hall–Kier alpha value is -2.15. The van der Waals surface area contributed by atoms with Crippen LogP contribution >= 0.6 is 0 Å². The van der Waals surface area contributed by atoms with Crippen molar-refractivity contribution in [3.63, 3.8) is 0 Å². The highest BCUT2D eigenvalue weighted by atomic mass is 32.2. The van der Waals surface area contributed by atoms with Gasteiger partial charge in [0.05, 0.1) is 11.5 Å². The fourth-order valence-electron chi connectivity index (χ4n) is 2.98. The van der Waals surface area contributed by atoms with Gasteiger partial charge in [0.15, 0.2) is 9.84 Å². The zero-order valence-electron chi connectivity index (χ0n) is 15.3. The van der Waals surface area contributed by atoms with Crippen LogP contribution in [-0.2, 0) is 14.6 Å². The van der Waals surface area contributed by atoms with Crippen LogP contribution in [0.25, 0.3) is 6.08 Å². The summed E-state index contributed by atoms with van der Waals surface area (Å²) in [6.45, 7) is 2.60. The van der Waals surface area contributed by atoms with E-state index in [9.17, 15) is 18.0 Å². The van der Waals surface area contributed by atoms with Crippen molar-refractivity contribution in [3.8, 4) is 0 Å². The van der Waals surface area contributed by atoms with E-state index in [2.05, 4.69) is 5.32 Å². The van der Waals surface area contributed by atoms with Crippen LogP contribution in [0.3, 0.4) is 0 Å². The van der Waals surface area contributed by atoms with Crippen molar-refractivity contribution in [3.05, 3.63) is 41.5 Å². The van der Waals surface area contributed by atoms with Gasteiger partial charge in [-0.15, -0.1) is 0 Å². The number of sulfone groups is 1. The highest BCUT2D eigenvalue weighted by Crippen LogP contribution is 2.19. The van der Waals surface area contributed by atoms with Crippen molar-refractivity contribution in [1.82, 2.24) is 10.2 Å². The lowest BCUT2D eigenvalue weighted by atomic mass is 10.1. The van der Waals surface area contributed by atoms with E-state index in [1.165, 1.54) is 6.08 Å². The molecule has 0 bridgehead atoms. The molecule has 0 saturated carbocycles. The van der Waals surface area contributed by atoms with E-state index in [0.717, 1.165) is 18.4 Å². The van der Waals surface area contributed by atoms with Crippen LogP contribution in [0.5, 0.6) is 0 Å². The largest absolute Gasteiger partial charge is 0.355 e. The maximum atomic E-state index is 12.6. The molecule has 1 aromatic carbocycles. The summed E-state index contributed by atoms with van der Waals surface area (Å²) in [5.74, 6) is -0.129. The van der Waals surface area contributed by atoms with Crippen LogP contribution in [0.2, 0.25) is 0 Å². The maximum Gasteiger partial charge on any atom is 0.251 e. The summed E-state index contributed by atoms with van der Waals surface area (Å²) in [7, 11) is -1.47. The number of nitrogens with zero attached hydrogens (tertiary/aromatic N) is 1. The second kappa shape index (κ2) is 8.98. The van der Waals surface area contributed by atoms with Gasteiger partial charge in [0.1, 0.15) is 0 Å². The molecule has 1 fully saturated rings. The Balaban J connectivity index is 2.08. The molecule has 0 radical (unpaired) electrons. The molecule has 7 heteroatoms. The molecule has 26 heavy (non-hydrogen) atoms. The molecule has 2 amide bonds. The molecule has 1 saturated heterocycles. The van der Waals surface area contributed by atoms with Gasteiger partial charge in [-0.1, -0.05) is 25.5 Å². The number of carbonyl (C=O) groups is 2. The lowest BCUT2D eigenvalue weighted by Crippen LogP contribution is -2.40. The summed E-state index contributed by atoms with van der Waals surface area (Å²) in [5.41, 5.74) is 1.36. The summed E-state index contributed by atoms with van der Waals surface area (Å²) >= 11 is 0. The van der Waals surface area contributed by atoms with Gasteiger partial charge in [0.2, 0.25) is 5.91 Å². The minimum Gasteiger partial charge on any atom is -0.355 e. The number of hydrogen-bond acceptors (Lipinski definition) is 4. The highest BCUT2D eigenvalue weighted by molar-refractivity contribution is 7.91. The number of hydrogen-bond donors (Lipinski definition) is 1. The number of benzene rings is 1. The third-order valence-corrected chi connectivity index (χ3v) is 6.25. The molecule has 0 aliphatic carbocycles. The smallest absolute Gasteiger partial charge is 0.251 e. The normalized spacial score (nSPS) is 18.8. The lowest BCUT2D eigenvalue weighted by Gasteiger charge is -2.27. The van der Waals surface area contributed by atoms with Gasteiger partial charge in [-0.3, -0.25) is 9.59 Å². The van der Waals surface area contributed by atoms with Crippen LogP contribution in [0.15, 0.2) is 30.3 Å². The van der Waals surface area contributed by atoms with E-state index in [1.54, 1.807) is 42.3 Å². The van der Waals surface area contributed by atoms with E-state index < -0.39 is 9.84 Å². The average molecular weight is 378 g/mol. The molecule has 1 atom stereocenters. The molecule has 1 heterocycles. The van der Waals surface area contributed by atoms with Gasteiger partial charge in [0.25, 0.3) is 5.91 Å². The fraction of sp³-hybridized carbons (Fsp3) is 0.474. The first-order valence-corrected chi connectivity index (χ1v) is 10.7. The third-order valence-electron chi connectivity index (χ3n) is 4.50. The Morgan fingerprint density at radius 3 is 2.50 bits per heavy atom. The molecule has 1 aliphatic heterocycles. The van der Waals surface area contributed by atoms with E-state index in [0.29, 0.717) is 18.5 Å². The molecule has 6 nitrogen and oxygen atoms in total. The highest BCUT2D eigenvalue weighted by Gasteiger charge is 2.33. The average Bonchev–Trinajstić information content (AvgIpc) is 2.99. The SMILES string of the molecule is CCCCN(C(=O)/C=C/c1ccc(C(=O)NC)cc1)C1CCS(=O)(=O)C1. The number of carbonyl (C=O) groups excluding carboxylic acids is 2. The van der Waals surface area contributed by atoms with Gasteiger partial charge in [-0.2, -0.15) is 0 Å². The van der Waals surface area contributed by atoms with Crippen LogP contribution < -0.4 is 5.32 Å². The van der Waals surface area contributed by atoms with Crippen molar-refractivity contribution in [2.75, 3.05) is 25.1 Å². The monoisotopic (exact) mass is 378 g/mol. The Labute approximate surface area is 155 Å². The summed E-state index contributed by atoms with van der Waals surface area (Å²) in [4.78, 5) is 25.8. The van der Waals surface area contributed by atoms with Gasteiger partial charge < -0.3 is 10.2 Å². The number of amides is 2. The molecule has 1 unspecified atom stereocenters. The van der Waals surface area contributed by atoms with E-state index >= 15 is 0 Å². The minimum absolute atomic E-state index is 0.0527. The van der Waals surface area contributed by atoms with Crippen LogP contribution in [-0.4, -0.2) is 56.3 Å². The Bertz CT molecular complexity index is 769. The summed E-state index contributed by atoms with van der Waals surface area (Å²) in [5, 5.41) is 2.56. The van der Waals surface area contributed by atoms with Gasteiger partial charge in [-0.05, 0) is 36.6 Å². The summed E-state index contributed by atoms with van der Waals surface area (Å²) < 4.78 is 23.5. The number of unbranched alkanes of at least 4 members (excludes halogenated alkanes) is 1. The van der Waals surface area contributed by atoms with E-state index in [4.69, 9.17) is 0 Å². The van der Waals surface area contributed by atoms with Crippen LogP contribution in [0.4, 0.5) is 0 Å². The van der Waals surface area contributed by atoms with Crippen LogP contribution in [0.1, 0.15) is 42.1 Å². The Kier molecular flexibility index (Phi) is 6.97. The first-order valence-electron chi connectivity index (χ1n) is 8.87. The minimum atomic E-state index is -3.04. The molecular weight excluding hydrogens is 352 g/mol. The van der Waals surface area contributed by atoms with Crippen molar-refractivity contribution < 1.29 is 18.0 Å². The molecule has 1 aromatic rings. The number of rotatable bonds is 7. The van der Waals surface area contributed by atoms with Gasteiger partial charge in [-0.25, -0.2) is 8.42 Å². The molecule has 0 spiro atoms. The van der Waals surface area contributed by atoms with E-state index in [-0.39, 0.29) is 29.4 Å². The molecule has 2 rings (SSSR count). The third kappa shape index (κ3) is 5.42. The Morgan fingerprint density at radius 1 is 1.27 bits per heavy atom. The summed E-state index contributed by atoms with van der Waals surface area (Å²) in [6.07, 6.45) is 5.46. The first-order chi connectivity index (χ1) is 12.4. The van der Waals surface area contributed by atoms with Crippen molar-refractivity contribution in [1.29, 1.82) is 0 Å². The molecule has 1 N–H and O–H groups in total. The molecule has 142 valence electrons. The van der Waals surface area contributed by atoms with E-state index in [1.807, 2.05) is 6.92 Å². The zero-order chi connectivity index (χ0) is 19.2. The summed E-state index contributed by atoms with van der Waals surface area (Å²) in [6, 6.07) is 6.69. The second-order valence-electron chi connectivity index (χ2n) is 6.48. The van der Waals surface area contributed by atoms with Crippen LogP contribution in [0, 0.1) is 0 Å². The molecular formula is C19H26N2O4S. The standard InChI is InChI=1S/C19H26N2O4S/c1-3-4-12-21(17-11-13-26(24,25)14-17)18(22)10-7-15-5-8-16(9-6-15)19(23)20-2/h5-10,17H,3-4,11-14H2,1-2H3,(H,20,23)/b10-7+. The quantitative estimate of drug-likeness (QED) is 0.734. The van der Waals surface area contributed by atoms with Crippen molar-refractivity contribution >= 4 is 27.7 Å². The van der Waals surface area contributed by atoms with Crippen molar-refractivity contribution in [2.45, 2.75) is 32.2 Å². The lowest BCUT2D eigenvalue weighted by molar-refractivity contribution is -0.127. The predicted molar refractivity (Wildman–Crippen MR) is 103 cm³/mol. The second-order valence-corrected chi connectivity index (χ2v) is 8.71. The molecule has 1 aliphatic rings. The maximum absolute atomic E-state index is 12.6. The molecule has 0 aromatic heterocycles. The fourth-order valence-corrected chi connectivity index (χ4v) is 4.71. The number of nitrogens with one attached hydrogen (secondary N) is 1. The zero-order valence-corrected chi connectivity index (χ0v) is 16.1. The predicted octanol–water partition coefficient (Wildman–Crippen LogP) is 1.88. The van der Waals surface area contributed by atoms with Gasteiger partial charge in [0, 0.05) is 31.3 Å².